The molecule has 2 atom stereocenters. The smallest absolute Gasteiger partial charge is 0.240 e. The number of nitrogens with zero attached hydrogens (tertiary/aromatic N) is 1. The molecular weight excluding hydrogens is 314 g/mol. The van der Waals surface area contributed by atoms with Crippen LogP contribution in [0.3, 0.4) is 0 Å². The molecule has 1 fully saturated rings. The Labute approximate surface area is 138 Å². The number of carbonyl (C=O) groups excluding carboxylic acids is 1. The number of sulfonamides is 1. The topological polar surface area (TPSA) is 92.5 Å². The summed E-state index contributed by atoms with van der Waals surface area (Å²) in [5, 5.41) is 0. The molecule has 1 aliphatic heterocycles. The number of benzene rings is 1. The zero-order valence-corrected chi connectivity index (χ0v) is 14.5. The predicted molar refractivity (Wildman–Crippen MR) is 89.3 cm³/mol. The molecule has 128 valence electrons. The number of rotatable bonds is 5. The van der Waals surface area contributed by atoms with Crippen molar-refractivity contribution in [3.8, 4) is 0 Å². The van der Waals surface area contributed by atoms with E-state index >= 15 is 0 Å². The summed E-state index contributed by atoms with van der Waals surface area (Å²) in [5.41, 5.74) is 6.66. The monoisotopic (exact) mass is 339 g/mol. The highest BCUT2D eigenvalue weighted by molar-refractivity contribution is 7.89. The maximum absolute atomic E-state index is 12.3. The van der Waals surface area contributed by atoms with Gasteiger partial charge in [-0.1, -0.05) is 17.7 Å². The van der Waals surface area contributed by atoms with Gasteiger partial charge in [0.05, 0.1) is 10.9 Å². The Kier molecular flexibility index (Phi) is 5.78. The van der Waals surface area contributed by atoms with Crippen molar-refractivity contribution in [1.29, 1.82) is 0 Å². The summed E-state index contributed by atoms with van der Waals surface area (Å²) in [7, 11) is -3.51. The third-order valence-corrected chi connectivity index (χ3v) is 5.55. The molecule has 0 saturated carbocycles. The van der Waals surface area contributed by atoms with Crippen LogP contribution in [0.1, 0.15) is 25.3 Å². The fourth-order valence-corrected chi connectivity index (χ4v) is 3.86. The van der Waals surface area contributed by atoms with Gasteiger partial charge in [0.25, 0.3) is 0 Å². The Morgan fingerprint density at radius 2 is 2.04 bits per heavy atom. The van der Waals surface area contributed by atoms with E-state index in [-0.39, 0.29) is 16.7 Å². The molecule has 0 spiro atoms. The highest BCUT2D eigenvalue weighted by Gasteiger charge is 2.26. The first-order valence-electron chi connectivity index (χ1n) is 7.90. The van der Waals surface area contributed by atoms with E-state index in [0.717, 1.165) is 18.4 Å². The fraction of sp³-hybridized carbons (Fsp3) is 0.562. The molecular formula is C16H25N3O3S. The van der Waals surface area contributed by atoms with Crippen molar-refractivity contribution in [2.75, 3.05) is 19.6 Å². The summed E-state index contributed by atoms with van der Waals surface area (Å²) < 4.78 is 27.3. The van der Waals surface area contributed by atoms with Gasteiger partial charge in [0.15, 0.2) is 0 Å². The number of piperidine rings is 1. The van der Waals surface area contributed by atoms with Crippen LogP contribution in [0.4, 0.5) is 0 Å². The minimum Gasteiger partial charge on any atom is -0.341 e. The molecule has 3 N–H and O–H groups in total. The number of amides is 1. The molecule has 0 aromatic heterocycles. The largest absolute Gasteiger partial charge is 0.341 e. The van der Waals surface area contributed by atoms with Crippen LogP contribution in [-0.4, -0.2) is 44.9 Å². The summed E-state index contributed by atoms with van der Waals surface area (Å²) in [6.07, 6.45) is 1.77. The second-order valence-electron chi connectivity index (χ2n) is 6.25. The predicted octanol–water partition coefficient (Wildman–Crippen LogP) is 0.859. The Balaban J connectivity index is 1.94. The molecule has 1 aliphatic rings. The lowest BCUT2D eigenvalue weighted by Gasteiger charge is -2.33. The molecule has 23 heavy (non-hydrogen) atoms. The van der Waals surface area contributed by atoms with E-state index in [1.165, 1.54) is 0 Å². The minimum atomic E-state index is -3.51. The van der Waals surface area contributed by atoms with E-state index in [9.17, 15) is 13.2 Å². The maximum atomic E-state index is 12.3. The Morgan fingerprint density at radius 1 is 1.39 bits per heavy atom. The number of carbonyl (C=O) groups is 1. The molecule has 0 radical (unpaired) electrons. The quantitative estimate of drug-likeness (QED) is 0.832. The lowest BCUT2D eigenvalue weighted by atomic mass is 9.98. The van der Waals surface area contributed by atoms with Gasteiger partial charge in [0.1, 0.15) is 0 Å². The van der Waals surface area contributed by atoms with Crippen molar-refractivity contribution in [2.24, 2.45) is 11.7 Å². The van der Waals surface area contributed by atoms with Gasteiger partial charge in [-0.3, -0.25) is 4.79 Å². The van der Waals surface area contributed by atoms with Crippen molar-refractivity contribution in [3.63, 3.8) is 0 Å². The van der Waals surface area contributed by atoms with Crippen LogP contribution in [-0.2, 0) is 14.8 Å². The number of hydrogen-bond donors (Lipinski definition) is 2. The van der Waals surface area contributed by atoms with Gasteiger partial charge < -0.3 is 10.6 Å². The van der Waals surface area contributed by atoms with Crippen LogP contribution in [0.15, 0.2) is 29.2 Å². The van der Waals surface area contributed by atoms with Gasteiger partial charge >= 0.3 is 0 Å². The zero-order chi connectivity index (χ0) is 17.0. The first kappa shape index (κ1) is 17.9. The zero-order valence-electron chi connectivity index (χ0n) is 13.7. The number of likely N-dealkylation sites (tertiary alicyclic amines) is 1. The van der Waals surface area contributed by atoms with Crippen LogP contribution >= 0.6 is 0 Å². The first-order chi connectivity index (χ1) is 10.8. The van der Waals surface area contributed by atoms with Crippen LogP contribution in [0.25, 0.3) is 0 Å². The molecule has 1 aromatic carbocycles. The van der Waals surface area contributed by atoms with Crippen molar-refractivity contribution in [1.82, 2.24) is 9.62 Å². The molecule has 7 heteroatoms. The van der Waals surface area contributed by atoms with E-state index in [1.54, 1.807) is 36.1 Å². The van der Waals surface area contributed by atoms with Crippen molar-refractivity contribution >= 4 is 15.9 Å². The Hall–Kier alpha value is -1.44. The van der Waals surface area contributed by atoms with Crippen LogP contribution in [0, 0.1) is 12.8 Å². The molecule has 1 amide bonds. The van der Waals surface area contributed by atoms with E-state index in [2.05, 4.69) is 4.72 Å². The second kappa shape index (κ2) is 7.42. The maximum Gasteiger partial charge on any atom is 0.240 e. The fourth-order valence-electron chi connectivity index (χ4n) is 2.75. The van der Waals surface area contributed by atoms with Gasteiger partial charge in [-0.25, -0.2) is 13.1 Å². The van der Waals surface area contributed by atoms with Gasteiger partial charge in [0.2, 0.25) is 15.9 Å². The standard InChI is InChI=1S/C16H25N3O3S/c1-12-5-7-15(8-6-12)23(21,22)18-10-14-4-3-9-19(11-14)16(20)13(2)17/h5-8,13-14,18H,3-4,9-11,17H2,1-2H3/t13-,14?/m1/s1. The Morgan fingerprint density at radius 3 is 2.65 bits per heavy atom. The molecule has 0 aliphatic carbocycles. The van der Waals surface area contributed by atoms with Crippen LogP contribution in [0.2, 0.25) is 0 Å². The number of nitrogens with one attached hydrogen (secondary N) is 1. The number of aryl methyl sites for hydroxylation is 1. The molecule has 0 bridgehead atoms. The van der Waals surface area contributed by atoms with Crippen molar-refractivity contribution in [3.05, 3.63) is 29.8 Å². The average molecular weight is 339 g/mol. The Bertz CT molecular complexity index is 641. The summed E-state index contributed by atoms with van der Waals surface area (Å²) in [6, 6.07) is 6.24. The molecule has 2 rings (SSSR count). The summed E-state index contributed by atoms with van der Waals surface area (Å²) in [6.45, 7) is 5.17. The van der Waals surface area contributed by atoms with Crippen LogP contribution in [0.5, 0.6) is 0 Å². The lowest BCUT2D eigenvalue weighted by Crippen LogP contribution is -2.48. The third kappa shape index (κ3) is 4.76. The van der Waals surface area contributed by atoms with E-state index in [1.807, 2.05) is 6.92 Å². The van der Waals surface area contributed by atoms with E-state index < -0.39 is 16.1 Å². The van der Waals surface area contributed by atoms with E-state index in [0.29, 0.717) is 19.6 Å². The van der Waals surface area contributed by atoms with Crippen molar-refractivity contribution < 1.29 is 13.2 Å². The second-order valence-corrected chi connectivity index (χ2v) is 8.01. The number of nitrogens with two attached hydrogens (primary N) is 1. The normalized spacial score (nSPS) is 20.3. The summed E-state index contributed by atoms with van der Waals surface area (Å²) >= 11 is 0. The minimum absolute atomic E-state index is 0.0731. The van der Waals surface area contributed by atoms with Crippen LogP contribution < -0.4 is 10.5 Å². The average Bonchev–Trinajstić information content (AvgIpc) is 2.53. The number of hydrogen-bond acceptors (Lipinski definition) is 4. The SMILES string of the molecule is Cc1ccc(S(=O)(=O)NCC2CCCN(C(=O)[C@@H](C)N)C2)cc1. The molecule has 6 nitrogen and oxygen atoms in total. The van der Waals surface area contributed by atoms with Gasteiger partial charge in [-0.05, 0) is 44.7 Å². The highest BCUT2D eigenvalue weighted by atomic mass is 32.2. The van der Waals surface area contributed by atoms with Crippen molar-refractivity contribution in [2.45, 2.75) is 37.6 Å². The first-order valence-corrected chi connectivity index (χ1v) is 9.38. The molecule has 1 aromatic rings. The molecule has 1 unspecified atom stereocenters. The van der Waals surface area contributed by atoms with Gasteiger partial charge in [0, 0.05) is 19.6 Å². The third-order valence-electron chi connectivity index (χ3n) is 4.11. The molecule has 1 heterocycles. The summed E-state index contributed by atoms with van der Waals surface area (Å²) in [5.74, 6) is 0.0442. The van der Waals surface area contributed by atoms with E-state index in [4.69, 9.17) is 5.73 Å². The molecule has 1 saturated heterocycles. The van der Waals surface area contributed by atoms with Gasteiger partial charge in [-0.15, -0.1) is 0 Å². The highest BCUT2D eigenvalue weighted by Crippen LogP contribution is 2.17. The summed E-state index contributed by atoms with van der Waals surface area (Å²) in [4.78, 5) is 14.0. The van der Waals surface area contributed by atoms with Gasteiger partial charge in [-0.2, -0.15) is 0 Å². The lowest BCUT2D eigenvalue weighted by molar-refractivity contribution is -0.133.